The number of nitrogens with zero attached hydrogens (tertiary/aromatic N) is 1. The van der Waals surface area contributed by atoms with Crippen molar-refractivity contribution in [3.63, 3.8) is 0 Å². The third-order valence-electron chi connectivity index (χ3n) is 2.90. The molecule has 0 aromatic heterocycles. The maximum Gasteiger partial charge on any atom is 0.415 e. The highest BCUT2D eigenvalue weighted by Gasteiger charge is 2.13. The average molecular weight is 289 g/mol. The zero-order valence-corrected chi connectivity index (χ0v) is 11.9. The van der Waals surface area contributed by atoms with Crippen molar-refractivity contribution in [3.05, 3.63) is 59.9 Å². The van der Waals surface area contributed by atoms with Crippen LogP contribution in [-0.4, -0.2) is 25.2 Å². The SMILES string of the molecule is COc1ccc(CN(C)C(=O)Oc2ccccc2)cc1F. The van der Waals surface area contributed by atoms with E-state index in [1.165, 1.54) is 24.1 Å². The van der Waals surface area contributed by atoms with Gasteiger partial charge in [0.2, 0.25) is 0 Å². The minimum atomic E-state index is -0.502. The predicted octanol–water partition coefficient (Wildman–Crippen LogP) is 3.47. The Hall–Kier alpha value is -2.56. The van der Waals surface area contributed by atoms with Gasteiger partial charge in [-0.15, -0.1) is 0 Å². The van der Waals surface area contributed by atoms with E-state index in [1.807, 2.05) is 6.07 Å². The average Bonchev–Trinajstić information content (AvgIpc) is 2.48. The van der Waals surface area contributed by atoms with Crippen molar-refractivity contribution < 1.29 is 18.7 Å². The van der Waals surface area contributed by atoms with Crippen LogP contribution in [0.15, 0.2) is 48.5 Å². The normalized spacial score (nSPS) is 10.0. The molecule has 2 aromatic rings. The summed E-state index contributed by atoms with van der Waals surface area (Å²) in [5.41, 5.74) is 0.654. The molecule has 0 fully saturated rings. The molecule has 2 aromatic carbocycles. The van der Waals surface area contributed by atoms with Gasteiger partial charge in [0.1, 0.15) is 5.75 Å². The molecule has 0 saturated heterocycles. The van der Waals surface area contributed by atoms with E-state index < -0.39 is 11.9 Å². The van der Waals surface area contributed by atoms with Gasteiger partial charge in [-0.3, -0.25) is 0 Å². The second-order valence-electron chi connectivity index (χ2n) is 4.51. The molecule has 0 unspecified atom stereocenters. The molecule has 0 N–H and O–H groups in total. The van der Waals surface area contributed by atoms with Gasteiger partial charge >= 0.3 is 6.09 Å². The van der Waals surface area contributed by atoms with Crippen molar-refractivity contribution in [2.24, 2.45) is 0 Å². The van der Waals surface area contributed by atoms with E-state index >= 15 is 0 Å². The summed E-state index contributed by atoms with van der Waals surface area (Å²) in [6.07, 6.45) is -0.502. The number of methoxy groups -OCH3 is 1. The van der Waals surface area contributed by atoms with E-state index in [4.69, 9.17) is 9.47 Å². The Bertz CT molecular complexity index is 616. The Labute approximate surface area is 122 Å². The number of carbonyl (C=O) groups excluding carboxylic acids is 1. The number of para-hydroxylation sites is 1. The number of hydrogen-bond acceptors (Lipinski definition) is 3. The molecule has 0 aliphatic carbocycles. The molecule has 0 heterocycles. The minimum Gasteiger partial charge on any atom is -0.494 e. The van der Waals surface area contributed by atoms with Gasteiger partial charge in [0.25, 0.3) is 0 Å². The zero-order chi connectivity index (χ0) is 15.2. The van der Waals surface area contributed by atoms with Crippen LogP contribution < -0.4 is 9.47 Å². The van der Waals surface area contributed by atoms with E-state index in [9.17, 15) is 9.18 Å². The van der Waals surface area contributed by atoms with Crippen LogP contribution >= 0.6 is 0 Å². The Morgan fingerprint density at radius 3 is 2.52 bits per heavy atom. The van der Waals surface area contributed by atoms with Crippen molar-refractivity contribution in [1.29, 1.82) is 0 Å². The molecule has 5 heteroatoms. The number of amides is 1. The van der Waals surface area contributed by atoms with Gasteiger partial charge in [-0.1, -0.05) is 24.3 Å². The Morgan fingerprint density at radius 1 is 1.19 bits per heavy atom. The highest BCUT2D eigenvalue weighted by Crippen LogP contribution is 2.19. The fourth-order valence-corrected chi connectivity index (χ4v) is 1.81. The van der Waals surface area contributed by atoms with Crippen molar-refractivity contribution in [2.75, 3.05) is 14.2 Å². The first kappa shape index (κ1) is 14.8. The summed E-state index contributed by atoms with van der Waals surface area (Å²) in [5, 5.41) is 0. The Kier molecular flexibility index (Phi) is 4.77. The fraction of sp³-hybridized carbons (Fsp3) is 0.188. The van der Waals surface area contributed by atoms with Crippen molar-refractivity contribution in [2.45, 2.75) is 6.54 Å². The molecule has 0 atom stereocenters. The third-order valence-corrected chi connectivity index (χ3v) is 2.90. The monoisotopic (exact) mass is 289 g/mol. The number of benzene rings is 2. The lowest BCUT2D eigenvalue weighted by Crippen LogP contribution is -2.29. The first-order valence-electron chi connectivity index (χ1n) is 6.40. The van der Waals surface area contributed by atoms with Crippen LogP contribution in [0, 0.1) is 5.82 Å². The van der Waals surface area contributed by atoms with E-state index in [-0.39, 0.29) is 12.3 Å². The van der Waals surface area contributed by atoms with Crippen LogP contribution in [0.5, 0.6) is 11.5 Å². The van der Waals surface area contributed by atoms with Crippen molar-refractivity contribution in [3.8, 4) is 11.5 Å². The first-order chi connectivity index (χ1) is 10.1. The van der Waals surface area contributed by atoms with E-state index in [2.05, 4.69) is 0 Å². The maximum absolute atomic E-state index is 13.6. The highest BCUT2D eigenvalue weighted by molar-refractivity contribution is 5.70. The summed E-state index contributed by atoms with van der Waals surface area (Å²) >= 11 is 0. The standard InChI is InChI=1S/C16H16FNO3/c1-18(16(19)21-13-6-4-3-5-7-13)11-12-8-9-15(20-2)14(17)10-12/h3-10H,11H2,1-2H3. The summed E-state index contributed by atoms with van der Waals surface area (Å²) in [5.74, 6) is 0.184. The number of rotatable bonds is 4. The van der Waals surface area contributed by atoms with Crippen molar-refractivity contribution in [1.82, 2.24) is 4.90 Å². The van der Waals surface area contributed by atoms with Crippen LogP contribution in [0.4, 0.5) is 9.18 Å². The molecule has 1 amide bonds. The summed E-state index contributed by atoms with van der Waals surface area (Å²) in [6, 6.07) is 13.3. The molecule has 21 heavy (non-hydrogen) atoms. The molecule has 4 nitrogen and oxygen atoms in total. The number of ether oxygens (including phenoxy) is 2. The fourth-order valence-electron chi connectivity index (χ4n) is 1.81. The molecule has 0 aliphatic heterocycles. The van der Waals surface area contributed by atoms with Crippen LogP contribution in [0.2, 0.25) is 0 Å². The smallest absolute Gasteiger partial charge is 0.415 e. The molecule has 0 spiro atoms. The lowest BCUT2D eigenvalue weighted by molar-refractivity contribution is 0.160. The van der Waals surface area contributed by atoms with Gasteiger partial charge in [-0.25, -0.2) is 9.18 Å². The third kappa shape index (κ3) is 3.95. The van der Waals surface area contributed by atoms with E-state index in [0.29, 0.717) is 11.3 Å². The van der Waals surface area contributed by atoms with Gasteiger partial charge in [0.05, 0.1) is 7.11 Å². The lowest BCUT2D eigenvalue weighted by atomic mass is 10.2. The van der Waals surface area contributed by atoms with Gasteiger partial charge in [-0.05, 0) is 29.8 Å². The van der Waals surface area contributed by atoms with Gasteiger partial charge in [0.15, 0.2) is 11.6 Å². The number of halogens is 1. The highest BCUT2D eigenvalue weighted by atomic mass is 19.1. The van der Waals surface area contributed by atoms with Gasteiger partial charge < -0.3 is 14.4 Å². The lowest BCUT2D eigenvalue weighted by Gasteiger charge is -2.17. The molecule has 0 saturated carbocycles. The quantitative estimate of drug-likeness (QED) is 0.865. The van der Waals surface area contributed by atoms with Gasteiger partial charge in [-0.2, -0.15) is 0 Å². The molecular formula is C16H16FNO3. The molecule has 0 radical (unpaired) electrons. The molecule has 0 bridgehead atoms. The summed E-state index contributed by atoms with van der Waals surface area (Å²) in [6.45, 7) is 0.243. The molecule has 0 aliphatic rings. The molecule has 2 rings (SSSR count). The summed E-state index contributed by atoms with van der Waals surface area (Å²) < 4.78 is 23.6. The van der Waals surface area contributed by atoms with E-state index in [1.54, 1.807) is 37.4 Å². The maximum atomic E-state index is 13.6. The van der Waals surface area contributed by atoms with Gasteiger partial charge in [0, 0.05) is 13.6 Å². The predicted molar refractivity (Wildman–Crippen MR) is 76.9 cm³/mol. The summed E-state index contributed by atoms with van der Waals surface area (Å²) in [7, 11) is 2.99. The van der Waals surface area contributed by atoms with E-state index in [0.717, 1.165) is 0 Å². The largest absolute Gasteiger partial charge is 0.494 e. The topological polar surface area (TPSA) is 38.8 Å². The molecular weight excluding hydrogens is 273 g/mol. The zero-order valence-electron chi connectivity index (χ0n) is 11.9. The number of carbonyl (C=O) groups is 1. The summed E-state index contributed by atoms with van der Waals surface area (Å²) in [4.78, 5) is 13.3. The number of hydrogen-bond donors (Lipinski definition) is 0. The minimum absolute atomic E-state index is 0.174. The van der Waals surface area contributed by atoms with Crippen LogP contribution in [0.1, 0.15) is 5.56 Å². The van der Waals surface area contributed by atoms with Crippen LogP contribution in [-0.2, 0) is 6.54 Å². The first-order valence-corrected chi connectivity index (χ1v) is 6.40. The van der Waals surface area contributed by atoms with Crippen LogP contribution in [0.3, 0.4) is 0 Å². The van der Waals surface area contributed by atoms with Crippen LogP contribution in [0.25, 0.3) is 0 Å². The molecule has 110 valence electrons. The van der Waals surface area contributed by atoms with Crippen molar-refractivity contribution >= 4 is 6.09 Å². The second kappa shape index (κ2) is 6.74. The second-order valence-corrected chi connectivity index (χ2v) is 4.51. The Balaban J connectivity index is 1.99. The Morgan fingerprint density at radius 2 is 1.90 bits per heavy atom.